The van der Waals surface area contributed by atoms with Gasteiger partial charge in [0.25, 0.3) is 5.91 Å². The first kappa shape index (κ1) is 14.9. The van der Waals surface area contributed by atoms with E-state index in [-0.39, 0.29) is 25.9 Å². The Morgan fingerprint density at radius 3 is 2.37 bits per heavy atom. The van der Waals surface area contributed by atoms with Crippen LogP contribution >= 0.6 is 46.1 Å². The standard InChI is InChI=1S/C11H10Cl3NO3S/c1-2-18-10(17)11(3-4-11)15-9(16)7-5(12)6(13)8(14)19-7/h2-4H2,1H3,(H,15,16). The molecule has 0 unspecified atom stereocenters. The molecule has 2 rings (SSSR count). The fraction of sp³-hybridized carbons (Fsp3) is 0.455. The van der Waals surface area contributed by atoms with Crippen LogP contribution in [0.4, 0.5) is 0 Å². The summed E-state index contributed by atoms with van der Waals surface area (Å²) >= 11 is 18.5. The van der Waals surface area contributed by atoms with Crippen molar-refractivity contribution in [2.45, 2.75) is 25.3 Å². The molecule has 1 amide bonds. The molecule has 0 radical (unpaired) electrons. The van der Waals surface area contributed by atoms with Gasteiger partial charge in [0.1, 0.15) is 14.8 Å². The molecule has 104 valence electrons. The molecule has 19 heavy (non-hydrogen) atoms. The van der Waals surface area contributed by atoms with Crippen LogP contribution in [0.5, 0.6) is 0 Å². The Morgan fingerprint density at radius 2 is 1.95 bits per heavy atom. The number of nitrogens with one attached hydrogen (secondary N) is 1. The molecule has 1 heterocycles. The normalized spacial score (nSPS) is 16.0. The largest absolute Gasteiger partial charge is 0.464 e. The summed E-state index contributed by atoms with van der Waals surface area (Å²) in [5.41, 5.74) is -0.917. The van der Waals surface area contributed by atoms with Gasteiger partial charge in [-0.05, 0) is 19.8 Å². The van der Waals surface area contributed by atoms with E-state index >= 15 is 0 Å². The van der Waals surface area contributed by atoms with E-state index in [0.29, 0.717) is 12.8 Å². The number of carbonyl (C=O) groups is 2. The first-order valence-corrected chi connectivity index (χ1v) is 7.49. The van der Waals surface area contributed by atoms with Crippen molar-refractivity contribution in [3.8, 4) is 0 Å². The summed E-state index contributed by atoms with van der Waals surface area (Å²) in [5, 5.41) is 2.90. The van der Waals surface area contributed by atoms with Gasteiger partial charge in [0.15, 0.2) is 0 Å². The number of carbonyl (C=O) groups excluding carboxylic acids is 2. The van der Waals surface area contributed by atoms with Crippen molar-refractivity contribution in [3.63, 3.8) is 0 Å². The fourth-order valence-electron chi connectivity index (χ4n) is 1.56. The number of esters is 1. The van der Waals surface area contributed by atoms with Gasteiger partial charge < -0.3 is 10.1 Å². The first-order valence-electron chi connectivity index (χ1n) is 5.54. The van der Waals surface area contributed by atoms with Crippen molar-refractivity contribution >= 4 is 58.0 Å². The maximum Gasteiger partial charge on any atom is 0.331 e. The summed E-state index contributed by atoms with van der Waals surface area (Å²) in [4.78, 5) is 24.0. The van der Waals surface area contributed by atoms with Gasteiger partial charge in [-0.25, -0.2) is 4.79 Å². The number of hydrogen-bond donors (Lipinski definition) is 1. The average Bonchev–Trinajstić information content (AvgIpc) is 3.09. The zero-order valence-electron chi connectivity index (χ0n) is 9.89. The SMILES string of the molecule is CCOC(=O)C1(NC(=O)c2sc(Cl)c(Cl)c2Cl)CC1. The zero-order chi connectivity index (χ0) is 14.2. The van der Waals surface area contributed by atoms with Gasteiger partial charge in [-0.2, -0.15) is 0 Å². The predicted molar refractivity (Wildman–Crippen MR) is 75.4 cm³/mol. The van der Waals surface area contributed by atoms with Crippen LogP contribution in [0.2, 0.25) is 14.4 Å². The molecule has 1 aromatic rings. The molecular weight excluding hydrogens is 333 g/mol. The van der Waals surface area contributed by atoms with E-state index in [1.807, 2.05) is 0 Å². The maximum absolute atomic E-state index is 12.1. The molecule has 1 aliphatic carbocycles. The van der Waals surface area contributed by atoms with E-state index in [4.69, 9.17) is 39.5 Å². The predicted octanol–water partition coefficient (Wildman–Crippen LogP) is 3.53. The molecule has 0 aromatic carbocycles. The van der Waals surface area contributed by atoms with Crippen LogP contribution in [0, 0.1) is 0 Å². The highest BCUT2D eigenvalue weighted by Gasteiger charge is 2.53. The van der Waals surface area contributed by atoms with Crippen molar-refractivity contribution in [3.05, 3.63) is 19.3 Å². The molecular formula is C11H10Cl3NO3S. The van der Waals surface area contributed by atoms with Gasteiger partial charge in [-0.15, -0.1) is 11.3 Å². The number of rotatable bonds is 4. The number of hydrogen-bond acceptors (Lipinski definition) is 4. The van der Waals surface area contributed by atoms with Gasteiger partial charge in [0.05, 0.1) is 16.7 Å². The summed E-state index contributed by atoms with van der Waals surface area (Å²) in [7, 11) is 0. The highest BCUT2D eigenvalue weighted by atomic mass is 35.5. The molecule has 1 N–H and O–H groups in total. The minimum absolute atomic E-state index is 0.105. The molecule has 0 saturated heterocycles. The second-order valence-corrected chi connectivity index (χ2v) is 6.47. The van der Waals surface area contributed by atoms with Crippen molar-refractivity contribution in [1.82, 2.24) is 5.32 Å². The lowest BCUT2D eigenvalue weighted by atomic mass is 10.2. The molecule has 0 aliphatic heterocycles. The van der Waals surface area contributed by atoms with E-state index < -0.39 is 17.4 Å². The number of ether oxygens (including phenoxy) is 1. The summed E-state index contributed by atoms with van der Waals surface area (Å²) in [6.07, 6.45) is 1.12. The van der Waals surface area contributed by atoms with Gasteiger partial charge in [-0.1, -0.05) is 34.8 Å². The van der Waals surface area contributed by atoms with E-state index in [1.54, 1.807) is 6.92 Å². The monoisotopic (exact) mass is 341 g/mol. The lowest BCUT2D eigenvalue weighted by Gasteiger charge is -2.15. The number of amides is 1. The van der Waals surface area contributed by atoms with E-state index in [2.05, 4.69) is 5.32 Å². The number of halogens is 3. The third kappa shape index (κ3) is 2.84. The maximum atomic E-state index is 12.1. The van der Waals surface area contributed by atoms with E-state index in [0.717, 1.165) is 11.3 Å². The van der Waals surface area contributed by atoms with Gasteiger partial charge in [0.2, 0.25) is 0 Å². The third-order valence-electron chi connectivity index (χ3n) is 2.73. The molecule has 0 spiro atoms. The lowest BCUT2D eigenvalue weighted by molar-refractivity contribution is -0.146. The van der Waals surface area contributed by atoms with Gasteiger partial charge >= 0.3 is 5.97 Å². The smallest absolute Gasteiger partial charge is 0.331 e. The van der Waals surface area contributed by atoms with Crippen LogP contribution in [0.15, 0.2) is 0 Å². The second-order valence-electron chi connectivity index (χ2n) is 4.09. The zero-order valence-corrected chi connectivity index (χ0v) is 13.0. The summed E-state index contributed by atoms with van der Waals surface area (Å²) in [6.45, 7) is 1.99. The van der Waals surface area contributed by atoms with Crippen molar-refractivity contribution in [2.24, 2.45) is 0 Å². The Hall–Kier alpha value is -0.490. The third-order valence-corrected chi connectivity index (χ3v) is 5.30. The Kier molecular flexibility index (Phi) is 4.30. The molecule has 8 heteroatoms. The minimum atomic E-state index is -0.917. The van der Waals surface area contributed by atoms with Crippen LogP contribution in [0.1, 0.15) is 29.4 Å². The van der Waals surface area contributed by atoms with Crippen LogP contribution < -0.4 is 5.32 Å². The average molecular weight is 343 g/mol. The minimum Gasteiger partial charge on any atom is -0.464 e. The van der Waals surface area contributed by atoms with Gasteiger partial charge in [-0.3, -0.25) is 4.79 Å². The van der Waals surface area contributed by atoms with Crippen LogP contribution in [0.3, 0.4) is 0 Å². The van der Waals surface area contributed by atoms with Crippen molar-refractivity contribution < 1.29 is 14.3 Å². The van der Waals surface area contributed by atoms with Crippen LogP contribution in [-0.4, -0.2) is 24.0 Å². The molecule has 0 atom stereocenters. The Morgan fingerprint density at radius 1 is 1.32 bits per heavy atom. The highest BCUT2D eigenvalue weighted by Crippen LogP contribution is 2.42. The van der Waals surface area contributed by atoms with E-state index in [1.165, 1.54) is 0 Å². The van der Waals surface area contributed by atoms with Gasteiger partial charge in [0, 0.05) is 0 Å². The molecule has 1 aliphatic rings. The van der Waals surface area contributed by atoms with Crippen LogP contribution in [0.25, 0.3) is 0 Å². The quantitative estimate of drug-likeness (QED) is 0.852. The molecule has 0 bridgehead atoms. The summed E-state index contributed by atoms with van der Waals surface area (Å²) in [5.74, 6) is -0.887. The van der Waals surface area contributed by atoms with Crippen molar-refractivity contribution in [1.29, 1.82) is 0 Å². The molecule has 1 aromatic heterocycles. The first-order chi connectivity index (χ1) is 8.91. The van der Waals surface area contributed by atoms with Crippen molar-refractivity contribution in [2.75, 3.05) is 6.61 Å². The summed E-state index contributed by atoms with van der Waals surface area (Å²) in [6, 6.07) is 0. The Labute approximate surface area is 129 Å². The molecule has 1 saturated carbocycles. The summed E-state index contributed by atoms with van der Waals surface area (Å²) < 4.78 is 5.18. The second kappa shape index (κ2) is 5.48. The molecule has 4 nitrogen and oxygen atoms in total. The molecule has 1 fully saturated rings. The fourth-order valence-corrected chi connectivity index (χ4v) is 3.26. The van der Waals surface area contributed by atoms with Crippen LogP contribution in [-0.2, 0) is 9.53 Å². The lowest BCUT2D eigenvalue weighted by Crippen LogP contribution is -2.44. The topological polar surface area (TPSA) is 55.4 Å². The Balaban J connectivity index is 2.13. The Bertz CT molecular complexity index is 540. The van der Waals surface area contributed by atoms with E-state index in [9.17, 15) is 9.59 Å². The highest BCUT2D eigenvalue weighted by molar-refractivity contribution is 7.19. The number of thiophene rings is 1.